The van der Waals surface area contributed by atoms with Crippen LogP contribution in [0, 0.1) is 5.92 Å². The van der Waals surface area contributed by atoms with Gasteiger partial charge in [0.15, 0.2) is 0 Å². The molecule has 2 aliphatic rings. The lowest BCUT2D eigenvalue weighted by molar-refractivity contribution is -0.119. The summed E-state index contributed by atoms with van der Waals surface area (Å²) in [6, 6.07) is 7.58. The van der Waals surface area contributed by atoms with Crippen molar-refractivity contribution in [2.75, 3.05) is 19.8 Å². The first kappa shape index (κ1) is 18.0. The topological polar surface area (TPSA) is 73.8 Å². The summed E-state index contributed by atoms with van der Waals surface area (Å²) in [5.41, 5.74) is 0.0946. The number of ether oxygens (including phenoxy) is 2. The van der Waals surface area contributed by atoms with Gasteiger partial charge in [0.25, 0.3) is 0 Å². The zero-order chi connectivity index (χ0) is 17.4. The molecule has 3 rings (SSSR count). The molecule has 2 heterocycles. The second kappa shape index (κ2) is 6.84. The van der Waals surface area contributed by atoms with Gasteiger partial charge in [-0.05, 0) is 26.8 Å². The second-order valence-electron chi connectivity index (χ2n) is 7.65. The summed E-state index contributed by atoms with van der Waals surface area (Å²) in [4.78, 5) is 0. The largest absolute Gasteiger partial charge is 0.598 e. The van der Waals surface area contributed by atoms with Gasteiger partial charge in [-0.25, -0.2) is 0 Å². The molecule has 134 valence electrons. The predicted octanol–water partition coefficient (Wildman–Crippen LogP) is 2.33. The molecule has 24 heavy (non-hydrogen) atoms. The molecule has 1 saturated heterocycles. The van der Waals surface area contributed by atoms with Crippen molar-refractivity contribution >= 4 is 11.4 Å². The first-order chi connectivity index (χ1) is 11.3. The van der Waals surface area contributed by atoms with Crippen LogP contribution in [0.15, 0.2) is 24.3 Å². The van der Waals surface area contributed by atoms with E-state index < -0.39 is 17.0 Å². The van der Waals surface area contributed by atoms with Gasteiger partial charge in [0.2, 0.25) is 0 Å². The standard InChI is InChI=1S/C18H27NO4S/c1-17(2,3)24(21)19-16-13-6-4-5-7-15(13)23-12-14(16)18(20)8-10-22-11-9-18/h4-7,14,16,19-20H,8-12H2,1-3H3/t14-,16-,24+/m0/s1. The first-order valence-corrected chi connectivity index (χ1v) is 9.66. The number of nitrogens with one attached hydrogen (secondary N) is 1. The Bertz CT molecular complexity index is 568. The maximum atomic E-state index is 12.7. The molecule has 0 unspecified atom stereocenters. The highest BCUT2D eigenvalue weighted by molar-refractivity contribution is 7.90. The summed E-state index contributed by atoms with van der Waals surface area (Å²) in [6.45, 7) is 7.33. The van der Waals surface area contributed by atoms with E-state index in [9.17, 15) is 9.66 Å². The van der Waals surface area contributed by atoms with Crippen LogP contribution in [0.4, 0.5) is 0 Å². The molecule has 0 bridgehead atoms. The van der Waals surface area contributed by atoms with Crippen molar-refractivity contribution in [3.05, 3.63) is 29.8 Å². The summed E-state index contributed by atoms with van der Waals surface area (Å²) < 4.78 is 27.0. The SMILES string of the molecule is CC(C)(C)[S@@+]([O-])N[C@H]1c2ccccc2OC[C@@H]1C1(O)CCOCC1. The van der Waals surface area contributed by atoms with E-state index in [0.29, 0.717) is 32.7 Å². The van der Waals surface area contributed by atoms with Gasteiger partial charge in [0.1, 0.15) is 10.5 Å². The Labute approximate surface area is 147 Å². The first-order valence-electron chi connectivity index (χ1n) is 8.51. The van der Waals surface area contributed by atoms with Gasteiger partial charge >= 0.3 is 0 Å². The molecule has 0 amide bonds. The summed E-state index contributed by atoms with van der Waals surface area (Å²) >= 11 is -1.23. The second-order valence-corrected chi connectivity index (χ2v) is 9.65. The van der Waals surface area contributed by atoms with Gasteiger partial charge in [0, 0.05) is 48.9 Å². The number of rotatable bonds is 3. The Balaban J connectivity index is 1.93. The predicted molar refractivity (Wildman–Crippen MR) is 94.2 cm³/mol. The van der Waals surface area contributed by atoms with Crippen LogP contribution >= 0.6 is 0 Å². The van der Waals surface area contributed by atoms with Crippen molar-refractivity contribution in [3.8, 4) is 5.75 Å². The molecular formula is C18H27NO4S. The van der Waals surface area contributed by atoms with Crippen LogP contribution in [0.25, 0.3) is 0 Å². The van der Waals surface area contributed by atoms with E-state index in [2.05, 4.69) is 4.72 Å². The molecule has 0 saturated carbocycles. The lowest BCUT2D eigenvalue weighted by atomic mass is 9.74. The Morgan fingerprint density at radius 2 is 1.92 bits per heavy atom. The number of benzene rings is 1. The molecule has 0 aromatic heterocycles. The molecular weight excluding hydrogens is 326 g/mol. The van der Waals surface area contributed by atoms with E-state index in [4.69, 9.17) is 9.47 Å². The van der Waals surface area contributed by atoms with Crippen LogP contribution in [0.5, 0.6) is 5.75 Å². The van der Waals surface area contributed by atoms with Gasteiger partial charge in [-0.3, -0.25) is 0 Å². The summed E-state index contributed by atoms with van der Waals surface area (Å²) in [7, 11) is 0. The zero-order valence-corrected chi connectivity index (χ0v) is 15.4. The normalized spacial score (nSPS) is 27.9. The minimum Gasteiger partial charge on any atom is -0.598 e. The Kier molecular flexibility index (Phi) is 5.14. The van der Waals surface area contributed by atoms with E-state index in [1.54, 1.807) is 0 Å². The average molecular weight is 353 g/mol. The summed E-state index contributed by atoms with van der Waals surface area (Å²) in [6.07, 6.45) is 1.15. The van der Waals surface area contributed by atoms with Gasteiger partial charge in [-0.2, -0.15) is 0 Å². The van der Waals surface area contributed by atoms with Crippen molar-refractivity contribution in [2.24, 2.45) is 5.92 Å². The lowest BCUT2D eigenvalue weighted by Gasteiger charge is -2.45. The molecule has 0 aliphatic carbocycles. The van der Waals surface area contributed by atoms with E-state index in [1.807, 2.05) is 45.0 Å². The third-order valence-corrected chi connectivity index (χ3v) is 6.49. The van der Waals surface area contributed by atoms with Crippen LogP contribution in [0.1, 0.15) is 45.2 Å². The third-order valence-electron chi connectivity index (χ3n) is 4.91. The maximum absolute atomic E-state index is 12.7. The Hall–Kier alpha value is -0.790. The van der Waals surface area contributed by atoms with Gasteiger partial charge in [-0.1, -0.05) is 18.2 Å². The minimum absolute atomic E-state index is 0.164. The van der Waals surface area contributed by atoms with Gasteiger partial charge in [-0.15, -0.1) is 4.72 Å². The molecule has 2 N–H and O–H groups in total. The quantitative estimate of drug-likeness (QED) is 0.816. The third kappa shape index (κ3) is 3.58. The fourth-order valence-electron chi connectivity index (χ4n) is 3.36. The smallest absolute Gasteiger partial charge is 0.136 e. The minimum atomic E-state index is -1.23. The summed E-state index contributed by atoms with van der Waals surface area (Å²) in [5, 5.41) is 11.2. The highest BCUT2D eigenvalue weighted by Gasteiger charge is 2.48. The summed E-state index contributed by atoms with van der Waals surface area (Å²) in [5.74, 6) is 0.635. The fourth-order valence-corrected chi connectivity index (χ4v) is 4.24. The van der Waals surface area contributed by atoms with E-state index in [1.165, 1.54) is 0 Å². The van der Waals surface area contributed by atoms with Crippen molar-refractivity contribution in [2.45, 2.75) is 50.0 Å². The fraction of sp³-hybridized carbons (Fsp3) is 0.667. The number of para-hydroxylation sites is 1. The van der Waals surface area contributed by atoms with Crippen molar-refractivity contribution in [1.29, 1.82) is 0 Å². The molecule has 0 spiro atoms. The van der Waals surface area contributed by atoms with Crippen LogP contribution in [0.2, 0.25) is 0 Å². The molecule has 1 aromatic rings. The van der Waals surface area contributed by atoms with E-state index in [-0.39, 0.29) is 16.7 Å². The highest BCUT2D eigenvalue weighted by Crippen LogP contribution is 2.44. The molecule has 1 aromatic carbocycles. The van der Waals surface area contributed by atoms with Crippen molar-refractivity contribution < 1.29 is 19.1 Å². The molecule has 6 heteroatoms. The number of hydrogen-bond donors (Lipinski definition) is 2. The zero-order valence-electron chi connectivity index (χ0n) is 14.6. The lowest BCUT2D eigenvalue weighted by Crippen LogP contribution is -2.54. The van der Waals surface area contributed by atoms with E-state index in [0.717, 1.165) is 11.3 Å². The van der Waals surface area contributed by atoms with Crippen LogP contribution in [-0.2, 0) is 16.1 Å². The van der Waals surface area contributed by atoms with E-state index >= 15 is 0 Å². The number of fused-ring (bicyclic) bond motifs is 1. The monoisotopic (exact) mass is 353 g/mol. The Morgan fingerprint density at radius 1 is 1.25 bits per heavy atom. The van der Waals surface area contributed by atoms with Crippen LogP contribution < -0.4 is 9.46 Å². The van der Waals surface area contributed by atoms with Gasteiger partial charge in [0.05, 0.1) is 18.2 Å². The van der Waals surface area contributed by atoms with Crippen molar-refractivity contribution in [1.82, 2.24) is 4.72 Å². The average Bonchev–Trinajstić information content (AvgIpc) is 2.54. The highest BCUT2D eigenvalue weighted by atomic mass is 32.2. The number of aliphatic hydroxyl groups is 1. The molecule has 5 nitrogen and oxygen atoms in total. The van der Waals surface area contributed by atoms with Crippen LogP contribution in [-0.4, -0.2) is 39.8 Å². The molecule has 2 aliphatic heterocycles. The van der Waals surface area contributed by atoms with Crippen molar-refractivity contribution in [3.63, 3.8) is 0 Å². The Morgan fingerprint density at radius 3 is 2.58 bits per heavy atom. The number of hydrogen-bond acceptors (Lipinski definition) is 5. The molecule has 3 atom stereocenters. The molecule has 0 radical (unpaired) electrons. The van der Waals surface area contributed by atoms with Crippen LogP contribution in [0.3, 0.4) is 0 Å². The van der Waals surface area contributed by atoms with Gasteiger partial charge < -0.3 is 19.1 Å². The molecule has 1 fully saturated rings. The maximum Gasteiger partial charge on any atom is 0.136 e.